The Morgan fingerprint density at radius 1 is 0.958 bits per heavy atom. The van der Waals surface area contributed by atoms with E-state index in [1.54, 1.807) is 39.5 Å². The molecule has 1 amide bonds. The normalized spacial score (nSPS) is 11.5. The maximum Gasteiger partial charge on any atom is 0.252 e. The number of aryl methyl sites for hydroxylation is 1. The lowest BCUT2D eigenvalue weighted by atomic mass is 10.0. The molecule has 0 saturated heterocycles. The van der Waals surface area contributed by atoms with Crippen LogP contribution in [0.3, 0.4) is 0 Å². The van der Waals surface area contributed by atoms with Crippen LogP contribution >= 0.6 is 0 Å². The Labute approximate surface area is 142 Å². The molecule has 1 unspecified atom stereocenters. The monoisotopic (exact) mass is 329 g/mol. The van der Waals surface area contributed by atoms with E-state index in [9.17, 15) is 4.79 Å². The van der Waals surface area contributed by atoms with Crippen LogP contribution in [-0.4, -0.2) is 27.2 Å². The molecule has 0 heterocycles. The number of rotatable bonds is 6. The minimum atomic E-state index is -0.205. The molecule has 1 N–H and O–H groups in total. The van der Waals surface area contributed by atoms with Gasteiger partial charge in [-0.3, -0.25) is 4.79 Å². The fraction of sp³-hybridized carbons (Fsp3) is 0.316. The largest absolute Gasteiger partial charge is 0.497 e. The molecule has 24 heavy (non-hydrogen) atoms. The molecule has 128 valence electrons. The van der Waals surface area contributed by atoms with Gasteiger partial charge < -0.3 is 19.5 Å². The first-order chi connectivity index (χ1) is 11.5. The molecule has 1 atom stereocenters. The molecule has 0 aliphatic carbocycles. The van der Waals surface area contributed by atoms with Gasteiger partial charge in [0.1, 0.15) is 17.2 Å². The third-order valence-corrected chi connectivity index (χ3v) is 3.81. The van der Waals surface area contributed by atoms with Crippen molar-refractivity contribution in [3.63, 3.8) is 0 Å². The molecule has 0 saturated carbocycles. The van der Waals surface area contributed by atoms with Crippen LogP contribution in [0.4, 0.5) is 0 Å². The Balaban J connectivity index is 2.25. The summed E-state index contributed by atoms with van der Waals surface area (Å²) in [5.74, 6) is 1.68. The van der Waals surface area contributed by atoms with Crippen LogP contribution in [0.25, 0.3) is 0 Å². The minimum Gasteiger partial charge on any atom is -0.497 e. The van der Waals surface area contributed by atoms with E-state index in [1.165, 1.54) is 0 Å². The van der Waals surface area contributed by atoms with E-state index in [-0.39, 0.29) is 11.9 Å². The van der Waals surface area contributed by atoms with Gasteiger partial charge in [0.2, 0.25) is 0 Å². The molecule has 0 aliphatic rings. The number of carbonyl (C=O) groups excluding carboxylic acids is 1. The molecule has 0 radical (unpaired) electrons. The third kappa shape index (κ3) is 3.98. The van der Waals surface area contributed by atoms with E-state index in [0.717, 1.165) is 16.9 Å². The van der Waals surface area contributed by atoms with E-state index >= 15 is 0 Å². The fourth-order valence-corrected chi connectivity index (χ4v) is 2.49. The summed E-state index contributed by atoms with van der Waals surface area (Å²) in [6.07, 6.45) is 0. The van der Waals surface area contributed by atoms with Gasteiger partial charge in [0.15, 0.2) is 0 Å². The van der Waals surface area contributed by atoms with E-state index < -0.39 is 0 Å². The van der Waals surface area contributed by atoms with Crippen LogP contribution in [0.2, 0.25) is 0 Å². The number of methoxy groups -OCH3 is 3. The second-order valence-corrected chi connectivity index (χ2v) is 5.54. The molecule has 5 heteroatoms. The maximum atomic E-state index is 12.6. The van der Waals surface area contributed by atoms with E-state index in [4.69, 9.17) is 14.2 Å². The zero-order valence-electron chi connectivity index (χ0n) is 14.7. The number of carbonyl (C=O) groups is 1. The van der Waals surface area contributed by atoms with E-state index in [0.29, 0.717) is 17.1 Å². The number of hydrogen-bond donors (Lipinski definition) is 1. The SMILES string of the molecule is COc1cc(OC)cc(C(=O)NC(C)c2cc(C)ccc2OC)c1. The van der Waals surface area contributed by atoms with Gasteiger partial charge in [-0.1, -0.05) is 17.7 Å². The van der Waals surface area contributed by atoms with Crippen LogP contribution in [0.5, 0.6) is 17.2 Å². The minimum absolute atomic E-state index is 0.204. The summed E-state index contributed by atoms with van der Waals surface area (Å²) in [6, 6.07) is 10.8. The molecule has 0 aliphatic heterocycles. The predicted molar refractivity (Wildman–Crippen MR) is 93.2 cm³/mol. The summed E-state index contributed by atoms with van der Waals surface area (Å²) in [5, 5.41) is 2.99. The van der Waals surface area contributed by atoms with Crippen molar-refractivity contribution in [1.82, 2.24) is 5.32 Å². The Bertz CT molecular complexity index is 705. The van der Waals surface area contributed by atoms with Gasteiger partial charge in [-0.2, -0.15) is 0 Å². The number of amides is 1. The van der Waals surface area contributed by atoms with Gasteiger partial charge >= 0.3 is 0 Å². The number of ether oxygens (including phenoxy) is 3. The second-order valence-electron chi connectivity index (χ2n) is 5.54. The quantitative estimate of drug-likeness (QED) is 0.881. The van der Waals surface area contributed by atoms with Gasteiger partial charge in [0.05, 0.1) is 27.4 Å². The summed E-state index contributed by atoms with van der Waals surface area (Å²) in [5.41, 5.74) is 2.51. The van der Waals surface area contributed by atoms with Crippen LogP contribution in [0.1, 0.15) is 34.5 Å². The van der Waals surface area contributed by atoms with Crippen molar-refractivity contribution in [1.29, 1.82) is 0 Å². The number of nitrogens with one attached hydrogen (secondary N) is 1. The van der Waals surface area contributed by atoms with Crippen molar-refractivity contribution in [3.8, 4) is 17.2 Å². The second kappa shape index (κ2) is 7.73. The highest BCUT2D eigenvalue weighted by Gasteiger charge is 2.16. The molecule has 0 bridgehead atoms. The third-order valence-electron chi connectivity index (χ3n) is 3.81. The van der Waals surface area contributed by atoms with E-state index in [2.05, 4.69) is 5.32 Å². The first-order valence-electron chi connectivity index (χ1n) is 7.67. The number of hydrogen-bond acceptors (Lipinski definition) is 4. The first kappa shape index (κ1) is 17.7. The topological polar surface area (TPSA) is 56.8 Å². The fourth-order valence-electron chi connectivity index (χ4n) is 2.49. The molecular weight excluding hydrogens is 306 g/mol. The highest BCUT2D eigenvalue weighted by molar-refractivity contribution is 5.95. The van der Waals surface area contributed by atoms with Gasteiger partial charge in [0, 0.05) is 17.2 Å². The Hall–Kier alpha value is -2.69. The van der Waals surface area contributed by atoms with Crippen LogP contribution in [0, 0.1) is 6.92 Å². The molecule has 2 aromatic rings. The summed E-state index contributed by atoms with van der Waals surface area (Å²) >= 11 is 0. The molecular formula is C19H23NO4. The predicted octanol–water partition coefficient (Wildman–Crippen LogP) is 3.51. The molecule has 0 aromatic heterocycles. The van der Waals surface area contributed by atoms with E-state index in [1.807, 2.05) is 32.0 Å². The van der Waals surface area contributed by atoms with Crippen molar-refractivity contribution in [2.75, 3.05) is 21.3 Å². The zero-order chi connectivity index (χ0) is 17.7. The number of benzene rings is 2. The lowest BCUT2D eigenvalue weighted by Crippen LogP contribution is -2.27. The average Bonchev–Trinajstić information content (AvgIpc) is 2.60. The highest BCUT2D eigenvalue weighted by Crippen LogP contribution is 2.27. The van der Waals surface area contributed by atoms with Gasteiger partial charge in [-0.05, 0) is 32.0 Å². The molecule has 2 aromatic carbocycles. The summed E-state index contributed by atoms with van der Waals surface area (Å²) in [4.78, 5) is 12.6. The van der Waals surface area contributed by atoms with Crippen molar-refractivity contribution < 1.29 is 19.0 Å². The van der Waals surface area contributed by atoms with Crippen LogP contribution in [0.15, 0.2) is 36.4 Å². The molecule has 5 nitrogen and oxygen atoms in total. The smallest absolute Gasteiger partial charge is 0.252 e. The van der Waals surface area contributed by atoms with Crippen molar-refractivity contribution in [2.24, 2.45) is 0 Å². The zero-order valence-corrected chi connectivity index (χ0v) is 14.7. The lowest BCUT2D eigenvalue weighted by molar-refractivity contribution is 0.0938. The maximum absolute atomic E-state index is 12.6. The average molecular weight is 329 g/mol. The van der Waals surface area contributed by atoms with Crippen molar-refractivity contribution >= 4 is 5.91 Å². The summed E-state index contributed by atoms with van der Waals surface area (Å²) in [7, 11) is 4.73. The van der Waals surface area contributed by atoms with Crippen LogP contribution < -0.4 is 19.5 Å². The standard InChI is InChI=1S/C19H23NO4/c1-12-6-7-18(24-5)17(8-12)13(2)20-19(21)14-9-15(22-3)11-16(10-14)23-4/h6-11,13H,1-5H3,(H,20,21). The molecule has 0 fully saturated rings. The van der Waals surface area contributed by atoms with Gasteiger partial charge in [-0.15, -0.1) is 0 Å². The van der Waals surface area contributed by atoms with Crippen molar-refractivity contribution in [2.45, 2.75) is 19.9 Å². The summed E-state index contributed by atoms with van der Waals surface area (Å²) in [6.45, 7) is 3.93. The van der Waals surface area contributed by atoms with Crippen molar-refractivity contribution in [3.05, 3.63) is 53.1 Å². The van der Waals surface area contributed by atoms with Gasteiger partial charge in [-0.25, -0.2) is 0 Å². The molecule has 0 spiro atoms. The first-order valence-corrected chi connectivity index (χ1v) is 7.67. The molecule has 2 rings (SSSR count). The lowest BCUT2D eigenvalue weighted by Gasteiger charge is -2.18. The highest BCUT2D eigenvalue weighted by atomic mass is 16.5. The summed E-state index contributed by atoms with van der Waals surface area (Å²) < 4.78 is 15.8. The van der Waals surface area contributed by atoms with Crippen LogP contribution in [-0.2, 0) is 0 Å². The Kier molecular flexibility index (Phi) is 5.68. The van der Waals surface area contributed by atoms with Gasteiger partial charge in [0.25, 0.3) is 5.91 Å². The Morgan fingerprint density at radius 3 is 2.12 bits per heavy atom. The Morgan fingerprint density at radius 2 is 1.58 bits per heavy atom.